The Balaban J connectivity index is 1.67. The summed E-state index contributed by atoms with van der Waals surface area (Å²) in [7, 11) is 0. The Morgan fingerprint density at radius 1 is 1.00 bits per heavy atom. The molecule has 3 aromatic carbocycles. The number of oxazole rings is 1. The van der Waals surface area contributed by atoms with Crippen LogP contribution in [0.25, 0.3) is 11.1 Å². The van der Waals surface area contributed by atoms with E-state index in [1.807, 2.05) is 0 Å². The van der Waals surface area contributed by atoms with Crippen LogP contribution in [0.15, 0.2) is 71.1 Å². The number of nitrogens with zero attached hydrogens (tertiary/aromatic N) is 2. The highest BCUT2D eigenvalue weighted by Crippen LogP contribution is 2.23. The third-order valence-electron chi connectivity index (χ3n) is 4.40. The number of rotatable bonds is 5. The molecule has 0 saturated carbocycles. The van der Waals surface area contributed by atoms with Crippen molar-refractivity contribution >= 4 is 40.2 Å². The summed E-state index contributed by atoms with van der Waals surface area (Å²) >= 11 is 12.2. The largest absolute Gasteiger partial charge is 0.439 e. The molecule has 0 spiro atoms. The molecule has 0 unspecified atom stereocenters. The van der Waals surface area contributed by atoms with Crippen LogP contribution in [0.1, 0.15) is 21.8 Å². The van der Waals surface area contributed by atoms with Gasteiger partial charge in [0.05, 0.1) is 17.1 Å². The second-order valence-electron chi connectivity index (χ2n) is 6.49. The van der Waals surface area contributed by atoms with Crippen LogP contribution >= 0.6 is 23.2 Å². The number of aromatic nitrogens is 1. The van der Waals surface area contributed by atoms with Gasteiger partial charge in [-0.3, -0.25) is 4.79 Å². The van der Waals surface area contributed by atoms with E-state index in [1.165, 1.54) is 12.1 Å². The Bertz CT molecular complexity index is 1180. The first-order valence-corrected chi connectivity index (χ1v) is 9.58. The van der Waals surface area contributed by atoms with Crippen LogP contribution in [0.5, 0.6) is 0 Å². The number of benzene rings is 3. The van der Waals surface area contributed by atoms with E-state index in [4.69, 9.17) is 27.6 Å². The summed E-state index contributed by atoms with van der Waals surface area (Å²) in [5, 5.41) is 0.901. The first-order chi connectivity index (χ1) is 14.0. The predicted molar refractivity (Wildman–Crippen MR) is 110 cm³/mol. The molecule has 1 heterocycles. The molecule has 0 atom stereocenters. The van der Waals surface area contributed by atoms with Crippen LogP contribution in [0.4, 0.5) is 4.39 Å². The molecule has 7 heteroatoms. The van der Waals surface area contributed by atoms with Crippen molar-refractivity contribution in [2.75, 3.05) is 0 Å². The van der Waals surface area contributed by atoms with Crippen molar-refractivity contribution in [3.63, 3.8) is 0 Å². The predicted octanol–water partition coefficient (Wildman–Crippen LogP) is 6.12. The van der Waals surface area contributed by atoms with Gasteiger partial charge in [-0.15, -0.1) is 0 Å². The van der Waals surface area contributed by atoms with Gasteiger partial charge < -0.3 is 9.32 Å². The third kappa shape index (κ3) is 4.42. The quantitative estimate of drug-likeness (QED) is 0.384. The Hall–Kier alpha value is -2.89. The van der Waals surface area contributed by atoms with Gasteiger partial charge in [-0.2, -0.15) is 0 Å². The van der Waals surface area contributed by atoms with E-state index < -0.39 is 0 Å². The molecule has 0 aliphatic carbocycles. The average molecular weight is 429 g/mol. The molecule has 0 aliphatic heterocycles. The highest BCUT2D eigenvalue weighted by molar-refractivity contribution is 6.33. The molecule has 0 N–H and O–H groups in total. The summed E-state index contributed by atoms with van der Waals surface area (Å²) in [5.41, 5.74) is 2.33. The van der Waals surface area contributed by atoms with Gasteiger partial charge in [0.1, 0.15) is 11.3 Å². The first-order valence-electron chi connectivity index (χ1n) is 8.83. The van der Waals surface area contributed by atoms with Crippen LogP contribution < -0.4 is 0 Å². The number of carbonyl (C=O) groups excluding carboxylic acids is 1. The van der Waals surface area contributed by atoms with Crippen LogP contribution in [-0.2, 0) is 13.1 Å². The lowest BCUT2D eigenvalue weighted by molar-refractivity contribution is 0.0715. The van der Waals surface area contributed by atoms with Crippen LogP contribution in [0.2, 0.25) is 10.0 Å². The fraction of sp³-hybridized carbons (Fsp3) is 0.0909. The van der Waals surface area contributed by atoms with Gasteiger partial charge in [0.2, 0.25) is 5.89 Å². The van der Waals surface area contributed by atoms with E-state index in [2.05, 4.69) is 4.98 Å². The molecule has 0 fully saturated rings. The van der Waals surface area contributed by atoms with Crippen molar-refractivity contribution < 1.29 is 13.6 Å². The van der Waals surface area contributed by atoms with Gasteiger partial charge in [0, 0.05) is 11.6 Å². The van der Waals surface area contributed by atoms with E-state index in [1.54, 1.807) is 59.5 Å². The van der Waals surface area contributed by atoms with Crippen molar-refractivity contribution in [1.82, 2.24) is 9.88 Å². The van der Waals surface area contributed by atoms with Crippen LogP contribution in [-0.4, -0.2) is 15.8 Å². The van der Waals surface area contributed by atoms with Gasteiger partial charge in [0.25, 0.3) is 5.91 Å². The molecule has 1 aromatic heterocycles. The zero-order valence-corrected chi connectivity index (χ0v) is 16.6. The molecule has 29 heavy (non-hydrogen) atoms. The summed E-state index contributed by atoms with van der Waals surface area (Å²) in [4.78, 5) is 19.2. The first kappa shape index (κ1) is 19.4. The summed E-state index contributed by atoms with van der Waals surface area (Å²) in [5.74, 6) is -0.251. The van der Waals surface area contributed by atoms with Gasteiger partial charge in [-0.1, -0.05) is 47.5 Å². The topological polar surface area (TPSA) is 46.3 Å². The lowest BCUT2D eigenvalue weighted by atomic mass is 10.1. The standard InChI is InChI=1S/C22H15Cl2FN2O2/c23-15-7-10-20-19(11-15)26-21(29-20)13-27(12-14-5-8-16(25)9-6-14)22(28)17-3-1-2-4-18(17)24/h1-11H,12-13H2. The molecule has 146 valence electrons. The molecular formula is C22H15Cl2FN2O2. The second kappa shape index (κ2) is 8.23. The Morgan fingerprint density at radius 3 is 2.52 bits per heavy atom. The van der Waals surface area contributed by atoms with Crippen LogP contribution in [0, 0.1) is 5.82 Å². The van der Waals surface area contributed by atoms with Crippen molar-refractivity contribution in [1.29, 1.82) is 0 Å². The second-order valence-corrected chi connectivity index (χ2v) is 7.33. The maximum Gasteiger partial charge on any atom is 0.256 e. The van der Waals surface area contributed by atoms with Gasteiger partial charge in [0.15, 0.2) is 5.58 Å². The molecular weight excluding hydrogens is 414 g/mol. The summed E-state index contributed by atoms with van der Waals surface area (Å²) < 4.78 is 19.0. The van der Waals surface area contributed by atoms with Gasteiger partial charge >= 0.3 is 0 Å². The minimum absolute atomic E-state index is 0.119. The molecule has 0 bridgehead atoms. The van der Waals surface area contributed by atoms with Crippen molar-refractivity contribution in [2.24, 2.45) is 0 Å². The monoisotopic (exact) mass is 428 g/mol. The van der Waals surface area contributed by atoms with Crippen molar-refractivity contribution in [3.05, 3.63) is 99.6 Å². The number of amides is 1. The Morgan fingerprint density at radius 2 is 1.76 bits per heavy atom. The normalized spacial score (nSPS) is 11.0. The zero-order valence-electron chi connectivity index (χ0n) is 15.1. The molecule has 0 radical (unpaired) electrons. The maximum atomic E-state index is 13.3. The van der Waals surface area contributed by atoms with E-state index >= 15 is 0 Å². The Kier molecular flexibility index (Phi) is 5.51. The fourth-order valence-electron chi connectivity index (χ4n) is 2.99. The van der Waals surface area contributed by atoms with Gasteiger partial charge in [-0.05, 0) is 48.0 Å². The van der Waals surface area contributed by atoms with Crippen LogP contribution in [0.3, 0.4) is 0 Å². The number of carbonyl (C=O) groups is 1. The lowest BCUT2D eigenvalue weighted by Crippen LogP contribution is -2.30. The molecule has 4 nitrogen and oxygen atoms in total. The summed E-state index contributed by atoms with van der Waals surface area (Å²) in [6, 6.07) is 17.9. The van der Waals surface area contributed by atoms with Gasteiger partial charge in [-0.25, -0.2) is 9.37 Å². The minimum Gasteiger partial charge on any atom is -0.439 e. The van der Waals surface area contributed by atoms with Crippen molar-refractivity contribution in [3.8, 4) is 0 Å². The number of hydrogen-bond acceptors (Lipinski definition) is 3. The molecule has 0 saturated heterocycles. The van der Waals surface area contributed by atoms with E-state index in [-0.39, 0.29) is 24.8 Å². The highest BCUT2D eigenvalue weighted by atomic mass is 35.5. The molecule has 4 aromatic rings. The summed E-state index contributed by atoms with van der Waals surface area (Å²) in [6.07, 6.45) is 0. The smallest absolute Gasteiger partial charge is 0.256 e. The minimum atomic E-state index is -0.339. The maximum absolute atomic E-state index is 13.3. The number of halogens is 3. The highest BCUT2D eigenvalue weighted by Gasteiger charge is 2.21. The van der Waals surface area contributed by atoms with E-state index in [0.29, 0.717) is 32.6 Å². The van der Waals surface area contributed by atoms with E-state index in [0.717, 1.165) is 5.56 Å². The average Bonchev–Trinajstić information content (AvgIpc) is 3.10. The van der Waals surface area contributed by atoms with Crippen molar-refractivity contribution in [2.45, 2.75) is 13.1 Å². The molecule has 1 amide bonds. The Labute approximate surface area is 176 Å². The third-order valence-corrected chi connectivity index (χ3v) is 4.96. The molecule has 4 rings (SSSR count). The zero-order chi connectivity index (χ0) is 20.4. The lowest BCUT2D eigenvalue weighted by Gasteiger charge is -2.22. The SMILES string of the molecule is O=C(c1ccccc1Cl)N(Cc1ccc(F)cc1)Cc1nc2cc(Cl)ccc2o1. The molecule has 0 aliphatic rings. The number of hydrogen-bond donors (Lipinski definition) is 0. The fourth-order valence-corrected chi connectivity index (χ4v) is 3.38. The summed E-state index contributed by atoms with van der Waals surface area (Å²) in [6.45, 7) is 0.359. The number of fused-ring (bicyclic) bond motifs is 1. The van der Waals surface area contributed by atoms with E-state index in [9.17, 15) is 9.18 Å².